The molecule has 0 N–H and O–H groups in total. The molecule has 0 radical (unpaired) electrons. The highest BCUT2D eigenvalue weighted by molar-refractivity contribution is 6.30. The highest BCUT2D eigenvalue weighted by Gasteiger charge is 2.51. The van der Waals surface area contributed by atoms with E-state index in [1.807, 2.05) is 30.3 Å². The minimum Gasteiger partial charge on any atom is -0.456 e. The quantitative estimate of drug-likeness (QED) is 0.609. The Labute approximate surface area is 140 Å². The first-order valence-electron chi connectivity index (χ1n) is 7.47. The first-order chi connectivity index (χ1) is 10.9. The summed E-state index contributed by atoms with van der Waals surface area (Å²) in [4.78, 5) is 25.3. The summed E-state index contributed by atoms with van der Waals surface area (Å²) >= 11 is 5.93. The van der Waals surface area contributed by atoms with Gasteiger partial charge in [-0.2, -0.15) is 0 Å². The third-order valence-corrected chi connectivity index (χ3v) is 4.55. The largest absolute Gasteiger partial charge is 0.456 e. The van der Waals surface area contributed by atoms with E-state index in [0.29, 0.717) is 5.02 Å². The van der Waals surface area contributed by atoms with Crippen molar-refractivity contribution in [1.82, 2.24) is 0 Å². The number of hydrogen-bond acceptors (Lipinski definition) is 3. The van der Waals surface area contributed by atoms with Gasteiger partial charge in [0.1, 0.15) is 11.5 Å². The molecule has 118 valence electrons. The minimum atomic E-state index is -1.15. The van der Waals surface area contributed by atoms with Crippen molar-refractivity contribution in [2.24, 2.45) is 5.41 Å². The monoisotopic (exact) mass is 328 g/mol. The molecule has 2 aromatic carbocycles. The van der Waals surface area contributed by atoms with Gasteiger partial charge in [0.15, 0.2) is 5.78 Å². The normalized spacial score (nSPS) is 23.4. The molecule has 0 aromatic heterocycles. The topological polar surface area (TPSA) is 43.4 Å². The van der Waals surface area contributed by atoms with E-state index in [0.717, 1.165) is 11.1 Å². The molecular weight excluding hydrogens is 312 g/mol. The van der Waals surface area contributed by atoms with Crippen LogP contribution in [0.1, 0.15) is 37.0 Å². The lowest BCUT2D eigenvalue weighted by atomic mass is 9.72. The van der Waals surface area contributed by atoms with E-state index in [1.165, 1.54) is 0 Å². The van der Waals surface area contributed by atoms with Crippen molar-refractivity contribution >= 4 is 23.4 Å². The van der Waals surface area contributed by atoms with Crippen LogP contribution in [0.3, 0.4) is 0 Å². The summed E-state index contributed by atoms with van der Waals surface area (Å²) in [6.07, 6.45) is -0.636. The van der Waals surface area contributed by atoms with Gasteiger partial charge in [-0.05, 0) is 37.1 Å². The van der Waals surface area contributed by atoms with Gasteiger partial charge in [-0.15, -0.1) is 0 Å². The van der Waals surface area contributed by atoms with Crippen LogP contribution in [0.2, 0.25) is 5.02 Å². The number of cyclic esters (lactones) is 1. The average molecular weight is 329 g/mol. The van der Waals surface area contributed by atoms with Crippen molar-refractivity contribution in [3.63, 3.8) is 0 Å². The second kappa shape index (κ2) is 5.82. The molecular formula is C19H17ClO3. The van der Waals surface area contributed by atoms with E-state index in [9.17, 15) is 9.59 Å². The summed E-state index contributed by atoms with van der Waals surface area (Å²) in [7, 11) is 0. The summed E-state index contributed by atoms with van der Waals surface area (Å²) < 4.78 is 5.66. The molecule has 1 saturated heterocycles. The third-order valence-electron chi connectivity index (χ3n) is 4.30. The molecule has 0 aliphatic carbocycles. The maximum absolute atomic E-state index is 13.0. The van der Waals surface area contributed by atoms with Gasteiger partial charge in [-0.25, -0.2) is 0 Å². The van der Waals surface area contributed by atoms with Crippen molar-refractivity contribution in [2.75, 3.05) is 0 Å². The Balaban J connectivity index is 2.10. The molecule has 23 heavy (non-hydrogen) atoms. The zero-order valence-electron chi connectivity index (χ0n) is 13.0. The van der Waals surface area contributed by atoms with E-state index in [2.05, 4.69) is 0 Å². The predicted octanol–water partition coefficient (Wildman–Crippen LogP) is 4.32. The number of ether oxygens (including phenoxy) is 1. The van der Waals surface area contributed by atoms with E-state index >= 15 is 0 Å². The van der Waals surface area contributed by atoms with Crippen molar-refractivity contribution in [3.8, 4) is 0 Å². The number of rotatable bonds is 2. The van der Waals surface area contributed by atoms with Gasteiger partial charge in [-0.1, -0.05) is 54.1 Å². The summed E-state index contributed by atoms with van der Waals surface area (Å²) in [6, 6.07) is 16.5. The molecule has 0 saturated carbocycles. The van der Waals surface area contributed by atoms with Crippen LogP contribution in [0.4, 0.5) is 0 Å². The molecule has 2 aromatic rings. The number of ketones is 1. The van der Waals surface area contributed by atoms with Crippen molar-refractivity contribution < 1.29 is 14.3 Å². The lowest BCUT2D eigenvalue weighted by Gasteiger charge is -2.38. The zero-order valence-corrected chi connectivity index (χ0v) is 13.7. The molecule has 3 rings (SSSR count). The molecule has 3 nitrogen and oxygen atoms in total. The summed E-state index contributed by atoms with van der Waals surface area (Å²) in [6.45, 7) is 3.23. The summed E-state index contributed by atoms with van der Waals surface area (Å²) in [5.74, 6) is -1.14. The SMILES string of the molecule is CC1(C)C(=O)O[C@@H](c2ccc(Cl)cc2)[C@@H](c2ccccc2)C1=O. The highest BCUT2D eigenvalue weighted by atomic mass is 35.5. The Morgan fingerprint density at radius 2 is 1.52 bits per heavy atom. The van der Waals surface area contributed by atoms with Gasteiger partial charge < -0.3 is 4.74 Å². The molecule has 2 atom stereocenters. The molecule has 1 fully saturated rings. The Bertz CT molecular complexity index is 735. The van der Waals surface area contributed by atoms with Gasteiger partial charge in [-0.3, -0.25) is 9.59 Å². The smallest absolute Gasteiger partial charge is 0.319 e. The van der Waals surface area contributed by atoms with Gasteiger partial charge in [0, 0.05) is 5.02 Å². The molecule has 1 aliphatic rings. The number of carbonyl (C=O) groups is 2. The van der Waals surface area contributed by atoms with Crippen LogP contribution in [0.15, 0.2) is 54.6 Å². The number of halogens is 1. The molecule has 4 heteroatoms. The second-order valence-corrected chi connectivity index (χ2v) is 6.69. The maximum atomic E-state index is 13.0. The number of carbonyl (C=O) groups excluding carboxylic acids is 2. The zero-order chi connectivity index (χ0) is 16.6. The highest BCUT2D eigenvalue weighted by Crippen LogP contribution is 2.45. The average Bonchev–Trinajstić information content (AvgIpc) is 2.54. The standard InChI is InChI=1S/C19H17ClO3/c1-19(2)17(21)15(12-6-4-3-5-7-12)16(23-18(19)22)13-8-10-14(20)11-9-13/h3-11,15-16H,1-2H3/t15-,16+/m1/s1. The third kappa shape index (κ3) is 2.77. The van der Waals surface area contributed by atoms with E-state index in [1.54, 1.807) is 38.1 Å². The number of Topliss-reactive ketones (excluding diaryl/α,β-unsaturated/α-hetero) is 1. The van der Waals surface area contributed by atoms with Gasteiger partial charge in [0.05, 0.1) is 5.92 Å². The van der Waals surface area contributed by atoms with E-state index in [4.69, 9.17) is 16.3 Å². The van der Waals surface area contributed by atoms with Crippen LogP contribution < -0.4 is 0 Å². The molecule has 0 amide bonds. The van der Waals surface area contributed by atoms with Crippen LogP contribution in [-0.2, 0) is 14.3 Å². The van der Waals surface area contributed by atoms with Crippen LogP contribution >= 0.6 is 11.6 Å². The Morgan fingerprint density at radius 1 is 0.913 bits per heavy atom. The Morgan fingerprint density at radius 3 is 2.13 bits per heavy atom. The molecule has 0 unspecified atom stereocenters. The van der Waals surface area contributed by atoms with Crippen molar-refractivity contribution in [1.29, 1.82) is 0 Å². The minimum absolute atomic E-state index is 0.125. The maximum Gasteiger partial charge on any atom is 0.319 e. The van der Waals surface area contributed by atoms with E-state index < -0.39 is 23.4 Å². The van der Waals surface area contributed by atoms with Crippen LogP contribution in [0.25, 0.3) is 0 Å². The lowest BCUT2D eigenvalue weighted by molar-refractivity contribution is -0.174. The fourth-order valence-electron chi connectivity index (χ4n) is 2.86. The number of benzene rings is 2. The summed E-state index contributed by atoms with van der Waals surface area (Å²) in [5.41, 5.74) is 0.460. The molecule has 0 bridgehead atoms. The molecule has 1 heterocycles. The fourth-order valence-corrected chi connectivity index (χ4v) is 2.98. The second-order valence-electron chi connectivity index (χ2n) is 6.26. The molecule has 1 aliphatic heterocycles. The first-order valence-corrected chi connectivity index (χ1v) is 7.85. The Kier molecular flexibility index (Phi) is 3.99. The van der Waals surface area contributed by atoms with E-state index in [-0.39, 0.29) is 5.78 Å². The predicted molar refractivity (Wildman–Crippen MR) is 88.3 cm³/mol. The van der Waals surface area contributed by atoms with Crippen LogP contribution in [0.5, 0.6) is 0 Å². The van der Waals surface area contributed by atoms with Crippen LogP contribution in [-0.4, -0.2) is 11.8 Å². The number of hydrogen-bond donors (Lipinski definition) is 0. The fraction of sp³-hybridized carbons (Fsp3) is 0.263. The van der Waals surface area contributed by atoms with Crippen LogP contribution in [0, 0.1) is 5.41 Å². The van der Waals surface area contributed by atoms with Gasteiger partial charge in [0.25, 0.3) is 0 Å². The molecule has 0 spiro atoms. The van der Waals surface area contributed by atoms with Crippen molar-refractivity contribution in [3.05, 3.63) is 70.7 Å². The van der Waals surface area contributed by atoms with Gasteiger partial charge in [0.2, 0.25) is 0 Å². The van der Waals surface area contributed by atoms with Gasteiger partial charge >= 0.3 is 5.97 Å². The van der Waals surface area contributed by atoms with Crippen molar-refractivity contribution in [2.45, 2.75) is 25.9 Å². The lowest BCUT2D eigenvalue weighted by Crippen LogP contribution is -2.46. The number of esters is 1. The first kappa shape index (κ1) is 15.8. The Hall–Kier alpha value is -2.13. The summed E-state index contributed by atoms with van der Waals surface area (Å²) in [5, 5.41) is 0.596.